The largest absolute Gasteiger partial charge is 0.480 e. The molecule has 0 radical (unpaired) electrons. The second kappa shape index (κ2) is 4.65. The number of aromatic nitrogens is 2. The molecular weight excluding hydrogens is 206 g/mol. The predicted molar refractivity (Wildman–Crippen MR) is 59.2 cm³/mol. The van der Waals surface area contributed by atoms with Crippen LogP contribution in [-0.4, -0.2) is 32.9 Å². The monoisotopic (exact) mass is 223 g/mol. The van der Waals surface area contributed by atoms with Crippen molar-refractivity contribution in [1.29, 1.82) is 0 Å². The van der Waals surface area contributed by atoms with Crippen LogP contribution in [0, 0.1) is 6.92 Å². The predicted octanol–water partition coefficient (Wildman–Crippen LogP) is 0.787. The van der Waals surface area contributed by atoms with E-state index in [9.17, 15) is 4.79 Å². The molecule has 1 aliphatic rings. The average molecular weight is 223 g/mol. The lowest BCUT2D eigenvalue weighted by Gasteiger charge is -2.13. The summed E-state index contributed by atoms with van der Waals surface area (Å²) in [4.78, 5) is 11.0. The second-order valence-electron chi connectivity index (χ2n) is 4.40. The molecule has 0 aliphatic heterocycles. The highest BCUT2D eigenvalue weighted by Crippen LogP contribution is 2.20. The van der Waals surface area contributed by atoms with Crippen molar-refractivity contribution < 1.29 is 9.90 Å². The lowest BCUT2D eigenvalue weighted by molar-refractivity contribution is -0.139. The van der Waals surface area contributed by atoms with E-state index in [0.29, 0.717) is 19.0 Å². The van der Waals surface area contributed by atoms with Gasteiger partial charge in [0.2, 0.25) is 0 Å². The van der Waals surface area contributed by atoms with E-state index in [1.165, 1.54) is 0 Å². The molecule has 1 aromatic rings. The zero-order chi connectivity index (χ0) is 11.5. The molecule has 1 atom stereocenters. The lowest BCUT2D eigenvalue weighted by atomic mass is 10.2. The van der Waals surface area contributed by atoms with Gasteiger partial charge in [-0.25, -0.2) is 0 Å². The van der Waals surface area contributed by atoms with Crippen LogP contribution in [0.3, 0.4) is 0 Å². The number of carboxylic acid groups (broad SMARTS) is 1. The first-order valence-electron chi connectivity index (χ1n) is 5.63. The number of carboxylic acids is 1. The van der Waals surface area contributed by atoms with E-state index in [0.717, 1.165) is 18.4 Å². The topological polar surface area (TPSA) is 67.2 Å². The van der Waals surface area contributed by atoms with Crippen LogP contribution in [0.5, 0.6) is 0 Å². The SMILES string of the molecule is Cc1cnn(CCC(NC2CC2)C(=O)O)c1. The molecule has 16 heavy (non-hydrogen) atoms. The third-order valence-electron chi connectivity index (χ3n) is 2.72. The molecule has 1 heterocycles. The van der Waals surface area contributed by atoms with Crippen LogP contribution in [-0.2, 0) is 11.3 Å². The molecule has 5 heteroatoms. The first-order valence-corrected chi connectivity index (χ1v) is 5.63. The quantitative estimate of drug-likeness (QED) is 0.748. The fourth-order valence-corrected chi connectivity index (χ4v) is 1.66. The third-order valence-corrected chi connectivity index (χ3v) is 2.72. The number of aryl methyl sites for hydroxylation is 2. The Bertz CT molecular complexity index is 371. The Morgan fingerprint density at radius 2 is 2.50 bits per heavy atom. The molecule has 88 valence electrons. The number of carbonyl (C=O) groups is 1. The van der Waals surface area contributed by atoms with E-state index in [2.05, 4.69) is 10.4 Å². The molecule has 1 fully saturated rings. The van der Waals surface area contributed by atoms with Crippen molar-refractivity contribution in [3.8, 4) is 0 Å². The van der Waals surface area contributed by atoms with Gasteiger partial charge in [0, 0.05) is 18.8 Å². The van der Waals surface area contributed by atoms with Gasteiger partial charge in [0.25, 0.3) is 0 Å². The van der Waals surface area contributed by atoms with Crippen LogP contribution in [0.1, 0.15) is 24.8 Å². The van der Waals surface area contributed by atoms with Crippen molar-refractivity contribution in [3.05, 3.63) is 18.0 Å². The Kier molecular flexibility index (Phi) is 3.24. The van der Waals surface area contributed by atoms with Gasteiger partial charge >= 0.3 is 5.97 Å². The average Bonchev–Trinajstić information content (AvgIpc) is 2.95. The van der Waals surface area contributed by atoms with E-state index >= 15 is 0 Å². The van der Waals surface area contributed by atoms with Gasteiger partial charge in [-0.2, -0.15) is 5.10 Å². The summed E-state index contributed by atoms with van der Waals surface area (Å²) >= 11 is 0. The van der Waals surface area contributed by atoms with Crippen LogP contribution in [0.2, 0.25) is 0 Å². The van der Waals surface area contributed by atoms with Crippen LogP contribution in [0.25, 0.3) is 0 Å². The van der Waals surface area contributed by atoms with Gasteiger partial charge in [-0.1, -0.05) is 0 Å². The smallest absolute Gasteiger partial charge is 0.320 e. The van der Waals surface area contributed by atoms with E-state index in [1.807, 2.05) is 13.1 Å². The van der Waals surface area contributed by atoms with E-state index < -0.39 is 12.0 Å². The van der Waals surface area contributed by atoms with Crippen LogP contribution < -0.4 is 5.32 Å². The van der Waals surface area contributed by atoms with Crippen molar-refractivity contribution in [1.82, 2.24) is 15.1 Å². The van der Waals surface area contributed by atoms with E-state index in [1.54, 1.807) is 10.9 Å². The van der Waals surface area contributed by atoms with Gasteiger partial charge in [-0.15, -0.1) is 0 Å². The van der Waals surface area contributed by atoms with E-state index in [4.69, 9.17) is 5.11 Å². The fraction of sp³-hybridized carbons (Fsp3) is 0.636. The summed E-state index contributed by atoms with van der Waals surface area (Å²) in [5.74, 6) is -0.768. The first kappa shape index (κ1) is 11.1. The minimum Gasteiger partial charge on any atom is -0.480 e. The summed E-state index contributed by atoms with van der Waals surface area (Å²) in [6, 6.07) is -0.0301. The number of nitrogens with one attached hydrogen (secondary N) is 1. The summed E-state index contributed by atoms with van der Waals surface area (Å²) < 4.78 is 1.79. The zero-order valence-electron chi connectivity index (χ0n) is 9.39. The summed E-state index contributed by atoms with van der Waals surface area (Å²) in [6.07, 6.45) is 6.49. The fourth-order valence-electron chi connectivity index (χ4n) is 1.66. The van der Waals surface area contributed by atoms with Crippen molar-refractivity contribution in [3.63, 3.8) is 0 Å². The molecule has 1 unspecified atom stereocenters. The maximum Gasteiger partial charge on any atom is 0.320 e. The molecular formula is C11H17N3O2. The maximum atomic E-state index is 11.0. The van der Waals surface area contributed by atoms with Crippen molar-refractivity contribution in [2.45, 2.75) is 44.8 Å². The minimum atomic E-state index is -0.768. The maximum absolute atomic E-state index is 11.0. The van der Waals surface area contributed by atoms with Crippen LogP contribution in [0.15, 0.2) is 12.4 Å². The molecule has 1 saturated carbocycles. The molecule has 1 aliphatic carbocycles. The number of hydrogen-bond donors (Lipinski definition) is 2. The van der Waals surface area contributed by atoms with Gasteiger partial charge in [0.1, 0.15) is 6.04 Å². The highest BCUT2D eigenvalue weighted by atomic mass is 16.4. The van der Waals surface area contributed by atoms with Crippen LogP contribution in [0.4, 0.5) is 0 Å². The van der Waals surface area contributed by atoms with Gasteiger partial charge in [0.15, 0.2) is 0 Å². The summed E-state index contributed by atoms with van der Waals surface area (Å²) in [6.45, 7) is 2.62. The minimum absolute atomic E-state index is 0.417. The number of rotatable bonds is 6. The van der Waals surface area contributed by atoms with Crippen molar-refractivity contribution in [2.75, 3.05) is 0 Å². The Hall–Kier alpha value is -1.36. The first-order chi connectivity index (χ1) is 7.65. The molecule has 5 nitrogen and oxygen atoms in total. The number of aliphatic carboxylic acids is 1. The highest BCUT2D eigenvalue weighted by Gasteiger charge is 2.27. The van der Waals surface area contributed by atoms with Crippen molar-refractivity contribution in [2.24, 2.45) is 0 Å². The standard InChI is InChI=1S/C11H17N3O2/c1-8-6-12-14(7-8)5-4-10(11(15)16)13-9-2-3-9/h6-7,9-10,13H,2-5H2,1H3,(H,15,16). The van der Waals surface area contributed by atoms with Crippen LogP contribution >= 0.6 is 0 Å². The summed E-state index contributed by atoms with van der Waals surface area (Å²) in [5.41, 5.74) is 1.10. The lowest BCUT2D eigenvalue weighted by Crippen LogP contribution is -2.38. The normalized spacial score (nSPS) is 17.3. The molecule has 2 N–H and O–H groups in total. The van der Waals surface area contributed by atoms with Gasteiger partial charge in [-0.3, -0.25) is 9.48 Å². The Balaban J connectivity index is 1.83. The molecule has 0 bridgehead atoms. The molecule has 0 spiro atoms. The Labute approximate surface area is 94.5 Å². The van der Waals surface area contributed by atoms with E-state index in [-0.39, 0.29) is 0 Å². The molecule has 0 aromatic carbocycles. The molecule has 0 saturated heterocycles. The molecule has 0 amide bonds. The number of nitrogens with zero attached hydrogens (tertiary/aromatic N) is 2. The van der Waals surface area contributed by atoms with Gasteiger partial charge < -0.3 is 10.4 Å². The molecule has 1 aromatic heterocycles. The summed E-state index contributed by atoms with van der Waals surface area (Å²) in [7, 11) is 0. The van der Waals surface area contributed by atoms with Crippen molar-refractivity contribution >= 4 is 5.97 Å². The summed E-state index contributed by atoms with van der Waals surface area (Å²) in [5, 5.41) is 16.3. The second-order valence-corrected chi connectivity index (χ2v) is 4.40. The zero-order valence-corrected chi connectivity index (χ0v) is 9.39. The Morgan fingerprint density at radius 3 is 3.00 bits per heavy atom. The third kappa shape index (κ3) is 3.06. The number of hydrogen-bond acceptors (Lipinski definition) is 3. The molecule has 2 rings (SSSR count). The Morgan fingerprint density at radius 1 is 1.75 bits per heavy atom. The van der Waals surface area contributed by atoms with Gasteiger partial charge in [0.05, 0.1) is 6.20 Å². The van der Waals surface area contributed by atoms with Gasteiger partial charge in [-0.05, 0) is 31.7 Å². The highest BCUT2D eigenvalue weighted by molar-refractivity contribution is 5.73.